The molecule has 1 heterocycles. The Morgan fingerprint density at radius 1 is 1.00 bits per heavy atom. The third kappa shape index (κ3) is 4.78. The number of nitrogens with one attached hydrogen (secondary N) is 2. The van der Waals surface area contributed by atoms with Gasteiger partial charge in [-0.1, -0.05) is 11.6 Å². The maximum atomic E-state index is 12.7. The highest BCUT2D eigenvalue weighted by molar-refractivity contribution is 6.30. The van der Waals surface area contributed by atoms with Crippen molar-refractivity contribution < 1.29 is 4.79 Å². The molecule has 3 aromatic rings. The molecule has 0 spiro atoms. The van der Waals surface area contributed by atoms with E-state index in [4.69, 9.17) is 11.6 Å². The Balaban J connectivity index is 1.79. The number of benzene rings is 2. The van der Waals surface area contributed by atoms with Gasteiger partial charge in [0.25, 0.3) is 5.91 Å². The largest absolute Gasteiger partial charge is 0.378 e. The SMILES string of the molecule is Cc1cc(C(=O)Nc2ccc(Cl)cc2C)nc(Nc2ccc(N(C)C)cc2)n1. The van der Waals surface area contributed by atoms with Crippen molar-refractivity contribution in [3.05, 3.63) is 70.5 Å². The molecule has 0 aliphatic rings. The van der Waals surface area contributed by atoms with Crippen molar-refractivity contribution in [1.29, 1.82) is 0 Å². The van der Waals surface area contributed by atoms with E-state index in [9.17, 15) is 4.79 Å². The highest BCUT2D eigenvalue weighted by Crippen LogP contribution is 2.21. The summed E-state index contributed by atoms with van der Waals surface area (Å²) in [5.41, 5.74) is 4.49. The van der Waals surface area contributed by atoms with Crippen LogP contribution < -0.4 is 15.5 Å². The molecule has 0 aliphatic heterocycles. The van der Waals surface area contributed by atoms with E-state index in [1.807, 2.05) is 57.1 Å². The van der Waals surface area contributed by atoms with Gasteiger partial charge in [0.1, 0.15) is 5.69 Å². The Kier molecular flexibility index (Phi) is 5.80. The van der Waals surface area contributed by atoms with E-state index in [1.54, 1.807) is 24.3 Å². The van der Waals surface area contributed by atoms with Crippen LogP contribution >= 0.6 is 11.6 Å². The van der Waals surface area contributed by atoms with Gasteiger partial charge in [0.05, 0.1) is 0 Å². The van der Waals surface area contributed by atoms with Crippen LogP contribution in [0.5, 0.6) is 0 Å². The number of halogens is 1. The Labute approximate surface area is 169 Å². The number of carbonyl (C=O) groups excluding carboxylic acids is 1. The van der Waals surface area contributed by atoms with Crippen LogP contribution in [0.3, 0.4) is 0 Å². The second kappa shape index (κ2) is 8.27. The van der Waals surface area contributed by atoms with Crippen molar-refractivity contribution in [2.75, 3.05) is 29.6 Å². The molecule has 0 aliphatic carbocycles. The van der Waals surface area contributed by atoms with Gasteiger partial charge in [-0.2, -0.15) is 0 Å². The highest BCUT2D eigenvalue weighted by atomic mass is 35.5. The molecule has 0 radical (unpaired) electrons. The van der Waals surface area contributed by atoms with Crippen LogP contribution in [-0.4, -0.2) is 30.0 Å². The van der Waals surface area contributed by atoms with Crippen LogP contribution in [0, 0.1) is 13.8 Å². The first kappa shape index (κ1) is 19.6. The molecule has 0 fully saturated rings. The van der Waals surface area contributed by atoms with Gasteiger partial charge in [-0.3, -0.25) is 4.79 Å². The maximum absolute atomic E-state index is 12.7. The fourth-order valence-electron chi connectivity index (χ4n) is 2.67. The fraction of sp³-hybridized carbons (Fsp3) is 0.190. The lowest BCUT2D eigenvalue weighted by Gasteiger charge is -2.13. The molecule has 7 heteroatoms. The lowest BCUT2D eigenvalue weighted by molar-refractivity contribution is 0.102. The Morgan fingerprint density at radius 2 is 1.71 bits per heavy atom. The van der Waals surface area contributed by atoms with Crippen molar-refractivity contribution in [2.45, 2.75) is 13.8 Å². The number of anilines is 4. The lowest BCUT2D eigenvalue weighted by atomic mass is 10.2. The van der Waals surface area contributed by atoms with E-state index in [-0.39, 0.29) is 11.6 Å². The summed E-state index contributed by atoms with van der Waals surface area (Å²) in [5.74, 6) is 0.0671. The zero-order chi connectivity index (χ0) is 20.3. The zero-order valence-corrected chi connectivity index (χ0v) is 17.0. The molecule has 144 valence electrons. The molecule has 1 amide bonds. The first-order chi connectivity index (χ1) is 13.3. The molecule has 0 atom stereocenters. The van der Waals surface area contributed by atoms with Crippen LogP contribution in [0.2, 0.25) is 5.02 Å². The summed E-state index contributed by atoms with van der Waals surface area (Å²) >= 11 is 5.97. The summed E-state index contributed by atoms with van der Waals surface area (Å²) in [5, 5.41) is 6.65. The average molecular weight is 396 g/mol. The molecular formula is C21H22ClN5O. The van der Waals surface area contributed by atoms with Gasteiger partial charge in [0.15, 0.2) is 0 Å². The van der Waals surface area contributed by atoms with Gasteiger partial charge in [-0.05, 0) is 67.9 Å². The average Bonchev–Trinajstić information content (AvgIpc) is 2.64. The van der Waals surface area contributed by atoms with Crippen molar-refractivity contribution in [3.63, 3.8) is 0 Å². The molecule has 0 saturated heterocycles. The number of aryl methyl sites for hydroxylation is 2. The smallest absolute Gasteiger partial charge is 0.274 e. The highest BCUT2D eigenvalue weighted by Gasteiger charge is 2.12. The van der Waals surface area contributed by atoms with Crippen LogP contribution in [0.25, 0.3) is 0 Å². The monoisotopic (exact) mass is 395 g/mol. The number of hydrogen-bond donors (Lipinski definition) is 2. The minimum Gasteiger partial charge on any atom is -0.378 e. The van der Waals surface area contributed by atoms with Gasteiger partial charge in [0.2, 0.25) is 5.95 Å². The quantitative estimate of drug-likeness (QED) is 0.648. The summed E-state index contributed by atoms with van der Waals surface area (Å²) in [6, 6.07) is 14.8. The predicted molar refractivity (Wildman–Crippen MR) is 115 cm³/mol. The fourth-order valence-corrected chi connectivity index (χ4v) is 2.89. The van der Waals surface area contributed by atoms with Crippen molar-refractivity contribution in [3.8, 4) is 0 Å². The standard InChI is InChI=1S/C21H22ClN5O/c1-13-11-15(22)5-10-18(13)25-20(28)19-12-14(2)23-21(26-19)24-16-6-8-17(9-7-16)27(3)4/h5-12H,1-4H3,(H,25,28)(H,23,24,26). The number of hydrogen-bond acceptors (Lipinski definition) is 5. The van der Waals surface area contributed by atoms with E-state index < -0.39 is 0 Å². The van der Waals surface area contributed by atoms with E-state index >= 15 is 0 Å². The number of nitrogens with zero attached hydrogens (tertiary/aromatic N) is 3. The van der Waals surface area contributed by atoms with E-state index in [2.05, 4.69) is 20.6 Å². The first-order valence-electron chi connectivity index (χ1n) is 8.79. The van der Waals surface area contributed by atoms with E-state index in [0.29, 0.717) is 22.4 Å². The minimum atomic E-state index is -0.304. The Hall–Kier alpha value is -3.12. The molecule has 2 N–H and O–H groups in total. The molecular weight excluding hydrogens is 374 g/mol. The van der Waals surface area contributed by atoms with Crippen LogP contribution in [0.4, 0.5) is 23.0 Å². The van der Waals surface area contributed by atoms with Gasteiger partial charge >= 0.3 is 0 Å². The third-order valence-electron chi connectivity index (χ3n) is 4.16. The van der Waals surface area contributed by atoms with Crippen LogP contribution in [0.1, 0.15) is 21.7 Å². The molecule has 6 nitrogen and oxygen atoms in total. The second-order valence-corrected chi connectivity index (χ2v) is 7.13. The minimum absolute atomic E-state index is 0.286. The first-order valence-corrected chi connectivity index (χ1v) is 9.17. The molecule has 0 bridgehead atoms. The molecule has 28 heavy (non-hydrogen) atoms. The Morgan fingerprint density at radius 3 is 2.36 bits per heavy atom. The van der Waals surface area contributed by atoms with Gasteiger partial charge in [-0.15, -0.1) is 0 Å². The van der Waals surface area contributed by atoms with Gasteiger partial charge < -0.3 is 15.5 Å². The molecule has 2 aromatic carbocycles. The van der Waals surface area contributed by atoms with Gasteiger partial charge in [0, 0.05) is 41.9 Å². The van der Waals surface area contributed by atoms with Crippen LogP contribution in [-0.2, 0) is 0 Å². The van der Waals surface area contributed by atoms with E-state index in [1.165, 1.54) is 0 Å². The number of rotatable bonds is 5. The molecule has 0 saturated carbocycles. The van der Waals surface area contributed by atoms with Crippen molar-refractivity contribution in [2.24, 2.45) is 0 Å². The summed E-state index contributed by atoms with van der Waals surface area (Å²) in [6.45, 7) is 3.71. The summed E-state index contributed by atoms with van der Waals surface area (Å²) < 4.78 is 0. The predicted octanol–water partition coefficient (Wildman–Crippen LogP) is 4.81. The molecule has 0 unspecified atom stereocenters. The third-order valence-corrected chi connectivity index (χ3v) is 4.40. The number of aromatic nitrogens is 2. The van der Waals surface area contributed by atoms with Crippen molar-refractivity contribution in [1.82, 2.24) is 9.97 Å². The Bertz CT molecular complexity index is 1000. The summed E-state index contributed by atoms with van der Waals surface area (Å²) in [6.07, 6.45) is 0. The zero-order valence-electron chi connectivity index (χ0n) is 16.2. The molecule has 1 aromatic heterocycles. The molecule has 3 rings (SSSR count). The van der Waals surface area contributed by atoms with Crippen LogP contribution in [0.15, 0.2) is 48.5 Å². The summed E-state index contributed by atoms with van der Waals surface area (Å²) in [7, 11) is 3.97. The van der Waals surface area contributed by atoms with Gasteiger partial charge in [-0.25, -0.2) is 9.97 Å². The topological polar surface area (TPSA) is 70.2 Å². The summed E-state index contributed by atoms with van der Waals surface area (Å²) in [4.78, 5) is 23.4. The number of amides is 1. The normalized spacial score (nSPS) is 10.5. The van der Waals surface area contributed by atoms with E-state index in [0.717, 1.165) is 16.9 Å². The second-order valence-electron chi connectivity index (χ2n) is 6.70. The maximum Gasteiger partial charge on any atom is 0.274 e. The lowest BCUT2D eigenvalue weighted by Crippen LogP contribution is -2.16. The van der Waals surface area contributed by atoms with Crippen molar-refractivity contribution >= 4 is 40.5 Å². The number of carbonyl (C=O) groups is 1.